The first-order valence-electron chi connectivity index (χ1n) is 10.2. The van der Waals surface area contributed by atoms with E-state index in [0.717, 1.165) is 46.3 Å². The number of anilines is 1. The van der Waals surface area contributed by atoms with E-state index in [0.29, 0.717) is 12.2 Å². The first-order valence-corrected chi connectivity index (χ1v) is 11.7. The van der Waals surface area contributed by atoms with E-state index >= 15 is 0 Å². The molecule has 0 aromatic heterocycles. The van der Waals surface area contributed by atoms with E-state index in [4.69, 9.17) is 4.74 Å². The van der Waals surface area contributed by atoms with E-state index in [1.807, 2.05) is 19.1 Å². The molecule has 3 aromatic carbocycles. The summed E-state index contributed by atoms with van der Waals surface area (Å²) in [5.41, 5.74) is 0.940. The van der Waals surface area contributed by atoms with Gasteiger partial charge in [-0.3, -0.25) is 9.10 Å². The van der Waals surface area contributed by atoms with Gasteiger partial charge in [-0.15, -0.1) is 0 Å². The summed E-state index contributed by atoms with van der Waals surface area (Å²) in [6.45, 7) is 1.35. The van der Waals surface area contributed by atoms with Gasteiger partial charge in [0.05, 0.1) is 23.7 Å². The Balaban J connectivity index is 1.88. The Morgan fingerprint density at radius 2 is 1.48 bits per heavy atom. The topological polar surface area (TPSA) is 75.7 Å². The Kier molecular flexibility index (Phi) is 7.65. The number of carbonyl (C=O) groups is 1. The number of nitrogens with zero attached hydrogens (tertiary/aromatic N) is 1. The van der Waals surface area contributed by atoms with Crippen molar-refractivity contribution in [2.75, 3.05) is 18.0 Å². The summed E-state index contributed by atoms with van der Waals surface area (Å²) in [7, 11) is -2.67. The Hall–Kier alpha value is -3.46. The van der Waals surface area contributed by atoms with Crippen LogP contribution >= 0.6 is 0 Å². The fourth-order valence-corrected chi connectivity index (χ4v) is 4.70. The van der Waals surface area contributed by atoms with Gasteiger partial charge >= 0.3 is 0 Å². The molecule has 1 amide bonds. The van der Waals surface area contributed by atoms with Gasteiger partial charge in [0, 0.05) is 0 Å². The quantitative estimate of drug-likeness (QED) is 0.498. The van der Waals surface area contributed by atoms with Crippen LogP contribution in [0.15, 0.2) is 77.7 Å². The van der Waals surface area contributed by atoms with E-state index < -0.39 is 34.1 Å². The maximum absolute atomic E-state index is 13.4. The molecule has 33 heavy (non-hydrogen) atoms. The molecule has 0 saturated carbocycles. The molecule has 174 valence electrons. The van der Waals surface area contributed by atoms with Gasteiger partial charge in [-0.1, -0.05) is 19.1 Å². The summed E-state index contributed by atoms with van der Waals surface area (Å²) in [6, 6.07) is 15.8. The molecule has 0 aliphatic carbocycles. The van der Waals surface area contributed by atoms with E-state index in [1.165, 1.54) is 12.1 Å². The summed E-state index contributed by atoms with van der Waals surface area (Å²) in [5, 5.41) is 2.84. The van der Waals surface area contributed by atoms with Crippen LogP contribution in [0.4, 0.5) is 14.5 Å². The number of rotatable bonds is 9. The first-order chi connectivity index (χ1) is 15.7. The number of amides is 1. The van der Waals surface area contributed by atoms with Gasteiger partial charge in [-0.2, -0.15) is 0 Å². The summed E-state index contributed by atoms with van der Waals surface area (Å²) >= 11 is 0. The molecule has 0 aliphatic heterocycles. The van der Waals surface area contributed by atoms with Crippen molar-refractivity contribution in [1.29, 1.82) is 0 Å². The van der Waals surface area contributed by atoms with Crippen molar-refractivity contribution in [2.24, 2.45) is 0 Å². The summed E-state index contributed by atoms with van der Waals surface area (Å²) in [4.78, 5) is 12.7. The highest BCUT2D eigenvalue weighted by molar-refractivity contribution is 7.92. The number of hydrogen-bond donors (Lipinski definition) is 1. The lowest BCUT2D eigenvalue weighted by Crippen LogP contribution is -2.42. The number of sulfonamides is 1. The fourth-order valence-electron chi connectivity index (χ4n) is 3.28. The first kappa shape index (κ1) is 24.2. The van der Waals surface area contributed by atoms with Crippen LogP contribution in [0.5, 0.6) is 5.75 Å². The molecule has 1 atom stereocenters. The second-order valence-electron chi connectivity index (χ2n) is 7.24. The minimum atomic E-state index is -4.23. The third-order valence-electron chi connectivity index (χ3n) is 5.07. The predicted octanol–water partition coefficient (Wildman–Crippen LogP) is 4.44. The van der Waals surface area contributed by atoms with Crippen LogP contribution in [0, 0.1) is 11.6 Å². The predicted molar refractivity (Wildman–Crippen MR) is 122 cm³/mol. The van der Waals surface area contributed by atoms with Gasteiger partial charge in [-0.25, -0.2) is 17.2 Å². The van der Waals surface area contributed by atoms with E-state index in [9.17, 15) is 22.0 Å². The number of hydrogen-bond acceptors (Lipinski definition) is 4. The minimum absolute atomic E-state index is 0.105. The van der Waals surface area contributed by atoms with Gasteiger partial charge < -0.3 is 10.1 Å². The van der Waals surface area contributed by atoms with Crippen LogP contribution in [0.1, 0.15) is 24.9 Å². The van der Waals surface area contributed by atoms with E-state index in [2.05, 4.69) is 5.32 Å². The third-order valence-corrected chi connectivity index (χ3v) is 6.85. The normalized spacial score (nSPS) is 12.1. The Morgan fingerprint density at radius 1 is 0.939 bits per heavy atom. The molecule has 9 heteroatoms. The van der Waals surface area contributed by atoms with Crippen LogP contribution < -0.4 is 14.4 Å². The summed E-state index contributed by atoms with van der Waals surface area (Å²) in [6.07, 6.45) is 0.569. The number of halogens is 2. The zero-order valence-corrected chi connectivity index (χ0v) is 19.0. The lowest BCUT2D eigenvalue weighted by Gasteiger charge is -2.25. The second-order valence-corrected chi connectivity index (χ2v) is 9.11. The Labute approximate surface area is 191 Å². The Morgan fingerprint density at radius 3 is 2.00 bits per heavy atom. The molecular weight excluding hydrogens is 450 g/mol. The van der Waals surface area contributed by atoms with Crippen molar-refractivity contribution in [3.05, 3.63) is 90.0 Å². The smallest absolute Gasteiger partial charge is 0.264 e. The van der Waals surface area contributed by atoms with Crippen LogP contribution in [0.2, 0.25) is 0 Å². The van der Waals surface area contributed by atoms with Crippen LogP contribution in [-0.4, -0.2) is 28.0 Å². The molecule has 3 aromatic rings. The van der Waals surface area contributed by atoms with Gasteiger partial charge in [0.2, 0.25) is 5.91 Å². The van der Waals surface area contributed by atoms with Crippen molar-refractivity contribution in [2.45, 2.75) is 24.3 Å². The molecule has 3 rings (SSSR count). The third kappa shape index (κ3) is 5.87. The average Bonchev–Trinajstić information content (AvgIpc) is 2.82. The van der Waals surface area contributed by atoms with Crippen molar-refractivity contribution in [3.8, 4) is 5.75 Å². The molecule has 1 unspecified atom stereocenters. The number of ether oxygens (including phenoxy) is 1. The lowest BCUT2D eigenvalue weighted by molar-refractivity contribution is -0.120. The SMILES string of the molecule is CCC(NC(=O)CN(c1ccc(F)cc1)S(=O)(=O)c1ccc(F)cc1)c1ccc(OC)cc1. The summed E-state index contributed by atoms with van der Waals surface area (Å²) < 4.78 is 59.3. The van der Waals surface area contributed by atoms with Crippen molar-refractivity contribution < 1.29 is 26.7 Å². The molecule has 0 aliphatic rings. The molecule has 0 bridgehead atoms. The zero-order valence-electron chi connectivity index (χ0n) is 18.2. The van der Waals surface area contributed by atoms with Crippen LogP contribution in [0.3, 0.4) is 0 Å². The number of carbonyl (C=O) groups excluding carboxylic acids is 1. The molecular formula is C24H24F2N2O4S. The molecule has 0 spiro atoms. The lowest BCUT2D eigenvalue weighted by atomic mass is 10.0. The highest BCUT2D eigenvalue weighted by Crippen LogP contribution is 2.25. The zero-order chi connectivity index (χ0) is 24.0. The molecule has 0 saturated heterocycles. The van der Waals surface area contributed by atoms with Gasteiger partial charge in [-0.05, 0) is 72.6 Å². The number of benzene rings is 3. The summed E-state index contributed by atoms with van der Waals surface area (Å²) in [5.74, 6) is -1.02. The largest absolute Gasteiger partial charge is 0.497 e. The van der Waals surface area contributed by atoms with E-state index in [-0.39, 0.29) is 16.6 Å². The monoisotopic (exact) mass is 474 g/mol. The number of methoxy groups -OCH3 is 1. The van der Waals surface area contributed by atoms with Gasteiger partial charge in [0.15, 0.2) is 0 Å². The van der Waals surface area contributed by atoms with Crippen LogP contribution in [-0.2, 0) is 14.8 Å². The van der Waals surface area contributed by atoms with Gasteiger partial charge in [0.25, 0.3) is 10.0 Å². The van der Waals surface area contributed by atoms with Crippen molar-refractivity contribution in [3.63, 3.8) is 0 Å². The van der Waals surface area contributed by atoms with Gasteiger partial charge in [0.1, 0.15) is 23.9 Å². The van der Waals surface area contributed by atoms with E-state index in [1.54, 1.807) is 19.2 Å². The van der Waals surface area contributed by atoms with Crippen molar-refractivity contribution >= 4 is 21.6 Å². The second kappa shape index (κ2) is 10.4. The Bertz CT molecular complexity index is 1180. The molecule has 0 radical (unpaired) electrons. The molecule has 1 N–H and O–H groups in total. The maximum atomic E-state index is 13.4. The average molecular weight is 475 g/mol. The standard InChI is InChI=1S/C24H24F2N2O4S/c1-3-23(17-4-12-21(32-2)13-5-17)27-24(29)16-28(20-10-6-18(25)7-11-20)33(30,31)22-14-8-19(26)9-15-22/h4-15,23H,3,16H2,1-2H3,(H,27,29). The molecule has 0 fully saturated rings. The maximum Gasteiger partial charge on any atom is 0.264 e. The number of nitrogens with one attached hydrogen (secondary N) is 1. The van der Waals surface area contributed by atoms with Crippen LogP contribution in [0.25, 0.3) is 0 Å². The molecule has 0 heterocycles. The minimum Gasteiger partial charge on any atom is -0.497 e. The van der Waals surface area contributed by atoms with Crippen molar-refractivity contribution in [1.82, 2.24) is 5.32 Å². The molecule has 6 nitrogen and oxygen atoms in total. The highest BCUT2D eigenvalue weighted by atomic mass is 32.2. The fraction of sp³-hybridized carbons (Fsp3) is 0.208. The highest BCUT2D eigenvalue weighted by Gasteiger charge is 2.28.